The predicted octanol–water partition coefficient (Wildman–Crippen LogP) is 3.03. The molecule has 2 nitrogen and oxygen atoms in total. The number of nitrogens with zero attached hydrogens (tertiary/aromatic N) is 1. The van der Waals surface area contributed by atoms with Crippen molar-refractivity contribution in [1.29, 1.82) is 0 Å². The molecular formula is C15H30N2. The van der Waals surface area contributed by atoms with Crippen molar-refractivity contribution in [1.82, 2.24) is 10.2 Å². The van der Waals surface area contributed by atoms with E-state index >= 15 is 0 Å². The predicted molar refractivity (Wildman–Crippen MR) is 74.3 cm³/mol. The second-order valence-electron chi connectivity index (χ2n) is 6.00. The van der Waals surface area contributed by atoms with Crippen molar-refractivity contribution in [3.63, 3.8) is 0 Å². The first-order valence-electron chi connectivity index (χ1n) is 7.76. The molecule has 0 aromatic carbocycles. The number of unbranched alkanes of at least 4 members (excludes halogenated alkanes) is 1. The lowest BCUT2D eigenvalue weighted by Crippen LogP contribution is -2.34. The van der Waals surface area contributed by atoms with Crippen LogP contribution >= 0.6 is 0 Å². The van der Waals surface area contributed by atoms with Crippen LogP contribution in [0.25, 0.3) is 0 Å². The van der Waals surface area contributed by atoms with Gasteiger partial charge in [0.05, 0.1) is 0 Å². The lowest BCUT2D eigenvalue weighted by Gasteiger charge is -2.25. The van der Waals surface area contributed by atoms with Crippen molar-refractivity contribution in [2.75, 3.05) is 20.1 Å². The molecular weight excluding hydrogens is 208 g/mol. The second kappa shape index (κ2) is 6.75. The van der Waals surface area contributed by atoms with E-state index in [1.54, 1.807) is 0 Å². The van der Waals surface area contributed by atoms with Crippen LogP contribution in [0.15, 0.2) is 0 Å². The van der Waals surface area contributed by atoms with Crippen molar-refractivity contribution in [2.45, 2.75) is 70.4 Å². The summed E-state index contributed by atoms with van der Waals surface area (Å²) in [5, 5.41) is 3.51. The van der Waals surface area contributed by atoms with E-state index < -0.39 is 0 Å². The fraction of sp³-hybridized carbons (Fsp3) is 1.00. The first-order valence-corrected chi connectivity index (χ1v) is 7.76. The summed E-state index contributed by atoms with van der Waals surface area (Å²) in [6, 6.07) is 1.76. The lowest BCUT2D eigenvalue weighted by atomic mass is 9.99. The molecule has 2 aliphatic carbocycles. The second-order valence-corrected chi connectivity index (χ2v) is 6.00. The van der Waals surface area contributed by atoms with E-state index in [9.17, 15) is 0 Å². The Hall–Kier alpha value is -0.0800. The molecule has 0 saturated heterocycles. The topological polar surface area (TPSA) is 15.3 Å². The Bertz CT molecular complexity index is 213. The highest BCUT2D eigenvalue weighted by Crippen LogP contribution is 2.31. The van der Waals surface area contributed by atoms with Crippen molar-refractivity contribution in [3.05, 3.63) is 0 Å². The smallest absolute Gasteiger partial charge is 0.00964 e. The van der Waals surface area contributed by atoms with E-state index in [1.807, 2.05) is 0 Å². The first kappa shape index (κ1) is 13.4. The Morgan fingerprint density at radius 2 is 1.94 bits per heavy atom. The summed E-state index contributed by atoms with van der Waals surface area (Å²) < 4.78 is 0. The van der Waals surface area contributed by atoms with E-state index in [0.29, 0.717) is 0 Å². The Kier molecular flexibility index (Phi) is 5.30. The largest absolute Gasteiger partial charge is 0.317 e. The Labute approximate surface area is 107 Å². The Morgan fingerprint density at radius 1 is 1.12 bits per heavy atom. The standard InChI is InChI=1S/C15H30N2/c1-3-4-11-17(14-8-9-14)12-10-13-6-5-7-15(13)16-2/h13-16H,3-12H2,1-2H3. The van der Waals surface area contributed by atoms with Crippen LogP contribution < -0.4 is 5.32 Å². The maximum absolute atomic E-state index is 3.51. The van der Waals surface area contributed by atoms with Crippen LogP contribution in [0.5, 0.6) is 0 Å². The van der Waals surface area contributed by atoms with Crippen molar-refractivity contribution >= 4 is 0 Å². The normalized spacial score (nSPS) is 29.1. The van der Waals surface area contributed by atoms with Gasteiger partial charge in [0.2, 0.25) is 0 Å². The maximum Gasteiger partial charge on any atom is 0.00964 e. The van der Waals surface area contributed by atoms with Crippen LogP contribution in [0, 0.1) is 5.92 Å². The van der Waals surface area contributed by atoms with Gasteiger partial charge in [-0.05, 0) is 64.6 Å². The fourth-order valence-corrected chi connectivity index (χ4v) is 3.37. The van der Waals surface area contributed by atoms with Crippen LogP contribution in [0.2, 0.25) is 0 Å². The van der Waals surface area contributed by atoms with Gasteiger partial charge >= 0.3 is 0 Å². The van der Waals surface area contributed by atoms with Crippen molar-refractivity contribution < 1.29 is 0 Å². The molecule has 1 N–H and O–H groups in total. The highest BCUT2D eigenvalue weighted by molar-refractivity contribution is 4.87. The van der Waals surface area contributed by atoms with E-state index in [4.69, 9.17) is 0 Å². The lowest BCUT2D eigenvalue weighted by molar-refractivity contribution is 0.230. The molecule has 0 amide bonds. The van der Waals surface area contributed by atoms with E-state index in [-0.39, 0.29) is 0 Å². The van der Waals surface area contributed by atoms with Gasteiger partial charge in [0, 0.05) is 12.1 Å². The summed E-state index contributed by atoms with van der Waals surface area (Å²) in [7, 11) is 2.14. The molecule has 2 rings (SSSR count). The van der Waals surface area contributed by atoms with E-state index in [2.05, 4.69) is 24.2 Å². The van der Waals surface area contributed by atoms with Crippen LogP contribution in [0.3, 0.4) is 0 Å². The molecule has 0 heterocycles. The monoisotopic (exact) mass is 238 g/mol. The summed E-state index contributed by atoms with van der Waals surface area (Å²) in [6.45, 7) is 5.00. The molecule has 17 heavy (non-hydrogen) atoms. The van der Waals surface area contributed by atoms with Crippen LogP contribution in [-0.4, -0.2) is 37.1 Å². The highest BCUT2D eigenvalue weighted by atomic mass is 15.2. The molecule has 2 fully saturated rings. The third kappa shape index (κ3) is 3.96. The molecule has 0 aromatic rings. The molecule has 2 aliphatic rings. The Balaban J connectivity index is 1.70. The summed E-state index contributed by atoms with van der Waals surface area (Å²) in [5.74, 6) is 0.947. The minimum Gasteiger partial charge on any atom is -0.317 e. The van der Waals surface area contributed by atoms with Gasteiger partial charge in [-0.1, -0.05) is 19.8 Å². The van der Waals surface area contributed by atoms with Crippen molar-refractivity contribution in [2.24, 2.45) is 5.92 Å². The molecule has 0 aromatic heterocycles. The van der Waals surface area contributed by atoms with Gasteiger partial charge < -0.3 is 10.2 Å². The average Bonchev–Trinajstić information content (AvgIpc) is 3.08. The molecule has 2 heteroatoms. The summed E-state index contributed by atoms with van der Waals surface area (Å²) in [5.41, 5.74) is 0. The van der Waals surface area contributed by atoms with Crippen LogP contribution in [0.4, 0.5) is 0 Å². The summed E-state index contributed by atoms with van der Waals surface area (Å²) >= 11 is 0. The summed E-state index contributed by atoms with van der Waals surface area (Å²) in [4.78, 5) is 2.77. The molecule has 100 valence electrons. The van der Waals surface area contributed by atoms with Crippen molar-refractivity contribution in [3.8, 4) is 0 Å². The maximum atomic E-state index is 3.51. The molecule has 2 atom stereocenters. The zero-order valence-electron chi connectivity index (χ0n) is 11.8. The number of hydrogen-bond acceptors (Lipinski definition) is 2. The third-order valence-corrected chi connectivity index (χ3v) is 4.68. The summed E-state index contributed by atoms with van der Waals surface area (Å²) in [6.07, 6.45) is 11.4. The third-order valence-electron chi connectivity index (χ3n) is 4.68. The minimum atomic E-state index is 0.808. The van der Waals surface area contributed by atoms with Gasteiger partial charge in [-0.15, -0.1) is 0 Å². The number of nitrogens with one attached hydrogen (secondary N) is 1. The molecule has 0 bridgehead atoms. The molecule has 0 spiro atoms. The molecule has 2 unspecified atom stereocenters. The highest BCUT2D eigenvalue weighted by Gasteiger charge is 2.30. The van der Waals surface area contributed by atoms with Crippen LogP contribution in [0.1, 0.15) is 58.3 Å². The first-order chi connectivity index (χ1) is 8.35. The van der Waals surface area contributed by atoms with Gasteiger partial charge in [0.1, 0.15) is 0 Å². The van der Waals surface area contributed by atoms with Gasteiger partial charge in [-0.2, -0.15) is 0 Å². The van der Waals surface area contributed by atoms with Crippen LogP contribution in [-0.2, 0) is 0 Å². The molecule has 0 radical (unpaired) electrons. The number of rotatable bonds is 8. The zero-order chi connectivity index (χ0) is 12.1. The van der Waals surface area contributed by atoms with Gasteiger partial charge in [-0.25, -0.2) is 0 Å². The molecule has 0 aliphatic heterocycles. The van der Waals surface area contributed by atoms with E-state index in [0.717, 1.165) is 18.0 Å². The minimum absolute atomic E-state index is 0.808. The fourth-order valence-electron chi connectivity index (χ4n) is 3.37. The van der Waals surface area contributed by atoms with Gasteiger partial charge in [0.15, 0.2) is 0 Å². The van der Waals surface area contributed by atoms with Gasteiger partial charge in [0.25, 0.3) is 0 Å². The number of hydrogen-bond donors (Lipinski definition) is 1. The quantitative estimate of drug-likeness (QED) is 0.699. The van der Waals surface area contributed by atoms with Gasteiger partial charge in [-0.3, -0.25) is 0 Å². The average molecular weight is 238 g/mol. The van der Waals surface area contributed by atoms with E-state index in [1.165, 1.54) is 64.5 Å². The zero-order valence-corrected chi connectivity index (χ0v) is 11.8. The SMILES string of the molecule is CCCCN(CCC1CCCC1NC)C1CC1. The Morgan fingerprint density at radius 3 is 2.59 bits per heavy atom. The molecule has 2 saturated carbocycles.